The highest BCUT2D eigenvalue weighted by Crippen LogP contribution is 2.14. The van der Waals surface area contributed by atoms with Crippen LogP contribution in [-0.2, 0) is 26.2 Å². The van der Waals surface area contributed by atoms with Gasteiger partial charge >= 0.3 is 5.97 Å². The third kappa shape index (κ3) is 5.34. The molecule has 0 radical (unpaired) electrons. The van der Waals surface area contributed by atoms with E-state index in [1.54, 1.807) is 0 Å². The second kappa shape index (κ2) is 8.37. The molecule has 0 aliphatic heterocycles. The third-order valence-electron chi connectivity index (χ3n) is 3.72. The van der Waals surface area contributed by atoms with E-state index in [4.69, 9.17) is 4.74 Å². The highest BCUT2D eigenvalue weighted by molar-refractivity contribution is 7.89. The fourth-order valence-electron chi connectivity index (χ4n) is 2.20. The summed E-state index contributed by atoms with van der Waals surface area (Å²) in [6.07, 6.45) is -0.187. The van der Waals surface area contributed by atoms with Gasteiger partial charge in [-0.3, -0.25) is 4.79 Å². The second-order valence-electron chi connectivity index (χ2n) is 5.81. The molecule has 8 heteroatoms. The summed E-state index contributed by atoms with van der Waals surface area (Å²) >= 11 is 0. The number of carbonyl (C=O) groups is 1. The topological polar surface area (TPSA) is 72.5 Å². The molecule has 0 aromatic heterocycles. The van der Waals surface area contributed by atoms with Crippen LogP contribution in [0, 0.1) is 25.5 Å². The van der Waals surface area contributed by atoms with E-state index >= 15 is 0 Å². The van der Waals surface area contributed by atoms with E-state index in [1.165, 1.54) is 0 Å². The normalized spacial score (nSPS) is 11.4. The summed E-state index contributed by atoms with van der Waals surface area (Å²) in [4.78, 5) is 11.4. The van der Waals surface area contributed by atoms with Crippen LogP contribution in [0.25, 0.3) is 0 Å². The lowest BCUT2D eigenvalue weighted by Gasteiger charge is -2.09. The largest absolute Gasteiger partial charge is 0.461 e. The summed E-state index contributed by atoms with van der Waals surface area (Å²) < 4.78 is 57.3. The quantitative estimate of drug-likeness (QED) is 0.746. The van der Waals surface area contributed by atoms with Gasteiger partial charge in [0.2, 0.25) is 10.0 Å². The van der Waals surface area contributed by atoms with Gasteiger partial charge in [0.1, 0.15) is 6.61 Å². The van der Waals surface area contributed by atoms with Crippen molar-refractivity contribution in [2.45, 2.75) is 31.8 Å². The molecule has 0 bridgehead atoms. The van der Waals surface area contributed by atoms with E-state index in [2.05, 4.69) is 4.72 Å². The molecule has 0 heterocycles. The monoisotopic (exact) mass is 383 g/mol. The lowest BCUT2D eigenvalue weighted by atomic mass is 10.1. The zero-order valence-electron chi connectivity index (χ0n) is 14.4. The van der Waals surface area contributed by atoms with Gasteiger partial charge in [-0.1, -0.05) is 23.8 Å². The van der Waals surface area contributed by atoms with Gasteiger partial charge < -0.3 is 4.74 Å². The van der Waals surface area contributed by atoms with Gasteiger partial charge in [0.25, 0.3) is 0 Å². The van der Waals surface area contributed by atoms with Gasteiger partial charge in [-0.25, -0.2) is 21.9 Å². The number of hydrogen-bond acceptors (Lipinski definition) is 4. The Morgan fingerprint density at radius 1 is 1.08 bits per heavy atom. The van der Waals surface area contributed by atoms with Gasteiger partial charge in [-0.15, -0.1) is 0 Å². The van der Waals surface area contributed by atoms with Crippen LogP contribution < -0.4 is 4.72 Å². The van der Waals surface area contributed by atoms with Crippen molar-refractivity contribution in [1.29, 1.82) is 0 Å². The number of ether oxygens (including phenoxy) is 1. The molecule has 0 atom stereocenters. The van der Waals surface area contributed by atoms with E-state index in [0.29, 0.717) is 6.07 Å². The maximum absolute atomic E-state index is 13.1. The summed E-state index contributed by atoms with van der Waals surface area (Å²) in [6, 6.07) is 8.04. The maximum Gasteiger partial charge on any atom is 0.307 e. The minimum atomic E-state index is -4.04. The van der Waals surface area contributed by atoms with Crippen molar-refractivity contribution in [2.24, 2.45) is 0 Å². The summed E-state index contributed by atoms with van der Waals surface area (Å²) in [5, 5.41) is 0. The Balaban J connectivity index is 1.85. The number of benzene rings is 2. The van der Waals surface area contributed by atoms with Crippen LogP contribution in [-0.4, -0.2) is 20.9 Å². The van der Waals surface area contributed by atoms with Crippen molar-refractivity contribution < 1.29 is 26.7 Å². The van der Waals surface area contributed by atoms with Gasteiger partial charge in [0.15, 0.2) is 11.6 Å². The summed E-state index contributed by atoms with van der Waals surface area (Å²) in [7, 11) is -4.04. The zero-order chi connectivity index (χ0) is 19.3. The average Bonchev–Trinajstić information content (AvgIpc) is 2.58. The Bertz CT molecular complexity index is 913. The van der Waals surface area contributed by atoms with E-state index in [0.717, 1.165) is 28.8 Å². The molecule has 0 saturated heterocycles. The van der Waals surface area contributed by atoms with Crippen molar-refractivity contribution >= 4 is 16.0 Å². The highest BCUT2D eigenvalue weighted by atomic mass is 32.2. The Morgan fingerprint density at radius 3 is 2.50 bits per heavy atom. The molecule has 2 aromatic carbocycles. The second-order valence-corrected chi connectivity index (χ2v) is 7.58. The van der Waals surface area contributed by atoms with Gasteiger partial charge in [0, 0.05) is 6.54 Å². The van der Waals surface area contributed by atoms with Gasteiger partial charge in [-0.05, 0) is 43.2 Å². The Hall–Kier alpha value is -2.32. The molecule has 140 valence electrons. The van der Waals surface area contributed by atoms with Crippen molar-refractivity contribution in [3.05, 3.63) is 64.7 Å². The maximum atomic E-state index is 13.1. The van der Waals surface area contributed by atoms with Crippen molar-refractivity contribution in [3.8, 4) is 0 Å². The van der Waals surface area contributed by atoms with E-state index in [1.807, 2.05) is 32.0 Å². The molecule has 2 rings (SSSR count). The summed E-state index contributed by atoms with van der Waals surface area (Å²) in [6.45, 7) is 3.71. The number of rotatable bonds is 7. The molecular formula is C18H19F2NO4S. The van der Waals surface area contributed by atoms with Crippen molar-refractivity contribution in [2.75, 3.05) is 6.54 Å². The fourth-order valence-corrected chi connectivity index (χ4v) is 3.24. The van der Waals surface area contributed by atoms with E-state index in [-0.39, 0.29) is 19.6 Å². The Labute approximate surface area is 151 Å². The first-order chi connectivity index (χ1) is 12.2. The van der Waals surface area contributed by atoms with E-state index in [9.17, 15) is 22.0 Å². The molecular weight excluding hydrogens is 364 g/mol. The predicted octanol–water partition coefficient (Wildman–Crippen LogP) is 2.99. The molecule has 2 aromatic rings. The van der Waals surface area contributed by atoms with Crippen LogP contribution in [0.2, 0.25) is 0 Å². The zero-order valence-corrected chi connectivity index (χ0v) is 15.2. The lowest BCUT2D eigenvalue weighted by Crippen LogP contribution is -2.27. The van der Waals surface area contributed by atoms with E-state index < -0.39 is 32.5 Å². The standard InChI is InChI=1S/C18H19F2NO4S/c1-12-3-4-13(2)14(9-12)11-25-18(22)7-8-21-26(23,24)15-5-6-16(19)17(20)10-15/h3-6,9-10,21H,7-8,11H2,1-2H3. The molecule has 0 saturated carbocycles. The van der Waals surface area contributed by atoms with Crippen LogP contribution in [0.3, 0.4) is 0 Å². The third-order valence-corrected chi connectivity index (χ3v) is 5.17. The van der Waals surface area contributed by atoms with Crippen LogP contribution in [0.1, 0.15) is 23.1 Å². The molecule has 0 fully saturated rings. The molecule has 26 heavy (non-hydrogen) atoms. The number of aryl methyl sites for hydroxylation is 2. The van der Waals surface area contributed by atoms with Crippen LogP contribution >= 0.6 is 0 Å². The number of halogens is 2. The van der Waals surface area contributed by atoms with Crippen molar-refractivity contribution in [1.82, 2.24) is 4.72 Å². The van der Waals surface area contributed by atoms with Gasteiger partial charge in [0.05, 0.1) is 11.3 Å². The fraction of sp³-hybridized carbons (Fsp3) is 0.278. The molecule has 1 N–H and O–H groups in total. The number of sulfonamides is 1. The summed E-state index contributed by atoms with van der Waals surface area (Å²) in [5.41, 5.74) is 2.91. The van der Waals surface area contributed by atoms with Crippen LogP contribution in [0.5, 0.6) is 0 Å². The average molecular weight is 383 g/mol. The van der Waals surface area contributed by atoms with Gasteiger partial charge in [-0.2, -0.15) is 0 Å². The summed E-state index contributed by atoms with van der Waals surface area (Å²) in [5.74, 6) is -2.97. The first-order valence-corrected chi connectivity index (χ1v) is 9.34. The molecule has 0 amide bonds. The SMILES string of the molecule is Cc1ccc(C)c(COC(=O)CCNS(=O)(=O)c2ccc(F)c(F)c2)c1. The first kappa shape index (κ1) is 20.0. The number of carbonyl (C=O) groups excluding carboxylic acids is 1. The van der Waals surface area contributed by atoms with Crippen molar-refractivity contribution in [3.63, 3.8) is 0 Å². The smallest absolute Gasteiger partial charge is 0.307 e. The lowest BCUT2D eigenvalue weighted by molar-refractivity contribution is -0.144. The molecule has 5 nitrogen and oxygen atoms in total. The Kier molecular flexibility index (Phi) is 6.44. The Morgan fingerprint density at radius 2 is 1.81 bits per heavy atom. The molecule has 0 spiro atoms. The number of esters is 1. The highest BCUT2D eigenvalue weighted by Gasteiger charge is 2.17. The minimum Gasteiger partial charge on any atom is -0.461 e. The minimum absolute atomic E-state index is 0.0995. The molecule has 0 unspecified atom stereocenters. The van der Waals surface area contributed by atoms with Crippen LogP contribution in [0.15, 0.2) is 41.3 Å². The van der Waals surface area contributed by atoms with Crippen LogP contribution in [0.4, 0.5) is 8.78 Å². The first-order valence-electron chi connectivity index (χ1n) is 7.85. The molecule has 0 aliphatic carbocycles. The predicted molar refractivity (Wildman–Crippen MR) is 91.9 cm³/mol. The number of nitrogens with one attached hydrogen (secondary N) is 1. The number of hydrogen-bond donors (Lipinski definition) is 1. The molecule has 0 aliphatic rings.